The van der Waals surface area contributed by atoms with Crippen molar-refractivity contribution in [2.45, 2.75) is 13.5 Å². The van der Waals surface area contributed by atoms with Crippen LogP contribution >= 0.6 is 0 Å². The van der Waals surface area contributed by atoms with Crippen LogP contribution in [-0.4, -0.2) is 62.7 Å². The highest BCUT2D eigenvalue weighted by atomic mass is 16.2. The molecule has 2 aromatic heterocycles. The van der Waals surface area contributed by atoms with Crippen molar-refractivity contribution in [3.8, 4) is 0 Å². The number of anilines is 2. The van der Waals surface area contributed by atoms with Gasteiger partial charge in [0.2, 0.25) is 5.91 Å². The van der Waals surface area contributed by atoms with Crippen LogP contribution < -0.4 is 21.5 Å². The van der Waals surface area contributed by atoms with Crippen LogP contribution in [0.3, 0.4) is 0 Å². The summed E-state index contributed by atoms with van der Waals surface area (Å²) in [5.41, 5.74) is 2.40. The number of likely N-dealkylation sites (N-methyl/N-ethyl adjacent to an activating group) is 1. The Bertz CT molecular complexity index is 1260. The maximum atomic E-state index is 12.7. The number of nitrogens with zero attached hydrogens (tertiary/aromatic N) is 6. The number of rotatable bonds is 4. The summed E-state index contributed by atoms with van der Waals surface area (Å²) in [5.74, 6) is -0.273. The molecular weight excluding hydrogens is 398 g/mol. The summed E-state index contributed by atoms with van der Waals surface area (Å²) in [6.45, 7) is 5.90. The van der Waals surface area contributed by atoms with Crippen LogP contribution in [0.15, 0.2) is 34.1 Å². The van der Waals surface area contributed by atoms with Gasteiger partial charge in [0.1, 0.15) is 6.54 Å². The van der Waals surface area contributed by atoms with E-state index >= 15 is 0 Å². The average molecular weight is 425 g/mol. The zero-order valence-corrected chi connectivity index (χ0v) is 18.3. The second-order valence-electron chi connectivity index (χ2n) is 8.09. The second kappa shape index (κ2) is 8.03. The Labute approximate surface area is 179 Å². The Morgan fingerprint density at radius 1 is 1.06 bits per heavy atom. The Hall–Kier alpha value is -3.40. The van der Waals surface area contributed by atoms with Crippen LogP contribution in [0.5, 0.6) is 0 Å². The molecule has 10 heteroatoms. The largest absolute Gasteiger partial charge is 0.369 e. The highest BCUT2D eigenvalue weighted by Gasteiger charge is 2.17. The van der Waals surface area contributed by atoms with Crippen LogP contribution in [0, 0.1) is 6.92 Å². The first-order valence-corrected chi connectivity index (χ1v) is 10.2. The molecule has 0 spiro atoms. The van der Waals surface area contributed by atoms with E-state index in [9.17, 15) is 14.4 Å². The van der Waals surface area contributed by atoms with E-state index < -0.39 is 11.2 Å². The first kappa shape index (κ1) is 20.9. The lowest BCUT2D eigenvalue weighted by Gasteiger charge is -2.34. The zero-order valence-electron chi connectivity index (χ0n) is 18.3. The van der Waals surface area contributed by atoms with Crippen molar-refractivity contribution in [3.05, 3.63) is 50.9 Å². The smallest absolute Gasteiger partial charge is 0.332 e. The molecule has 1 N–H and O–H groups in total. The number of carbonyl (C=O) groups excluding carboxylic acids is 1. The number of nitrogens with one attached hydrogen (secondary N) is 1. The third kappa shape index (κ3) is 3.86. The van der Waals surface area contributed by atoms with E-state index in [0.29, 0.717) is 0 Å². The van der Waals surface area contributed by atoms with Crippen molar-refractivity contribution >= 4 is 28.4 Å². The van der Waals surface area contributed by atoms with Gasteiger partial charge in [-0.25, -0.2) is 9.78 Å². The molecule has 1 aliphatic heterocycles. The van der Waals surface area contributed by atoms with Crippen molar-refractivity contribution in [2.75, 3.05) is 43.4 Å². The first-order chi connectivity index (χ1) is 14.8. The fourth-order valence-corrected chi connectivity index (χ4v) is 3.91. The third-order valence-corrected chi connectivity index (χ3v) is 5.88. The van der Waals surface area contributed by atoms with Crippen molar-refractivity contribution in [1.29, 1.82) is 0 Å². The summed E-state index contributed by atoms with van der Waals surface area (Å²) >= 11 is 0. The van der Waals surface area contributed by atoms with Crippen LogP contribution in [0.4, 0.5) is 11.4 Å². The number of aryl methyl sites for hydroxylation is 2. The van der Waals surface area contributed by atoms with E-state index in [1.54, 1.807) is 7.05 Å². The summed E-state index contributed by atoms with van der Waals surface area (Å²) in [4.78, 5) is 46.1. The summed E-state index contributed by atoms with van der Waals surface area (Å²) in [5, 5.41) is 2.92. The third-order valence-electron chi connectivity index (χ3n) is 5.88. The molecule has 0 saturated carbocycles. The molecule has 1 aliphatic rings. The minimum absolute atomic E-state index is 0.0798. The van der Waals surface area contributed by atoms with Gasteiger partial charge in [-0.15, -0.1) is 0 Å². The summed E-state index contributed by atoms with van der Waals surface area (Å²) in [6, 6.07) is 6.01. The van der Waals surface area contributed by atoms with Gasteiger partial charge in [0.15, 0.2) is 11.2 Å². The normalized spacial score (nSPS) is 14.9. The molecule has 1 saturated heterocycles. The Morgan fingerprint density at radius 3 is 2.45 bits per heavy atom. The number of fused-ring (bicyclic) bond motifs is 1. The van der Waals surface area contributed by atoms with E-state index in [0.717, 1.165) is 47.7 Å². The predicted molar refractivity (Wildman–Crippen MR) is 120 cm³/mol. The van der Waals surface area contributed by atoms with Crippen molar-refractivity contribution < 1.29 is 4.79 Å². The quantitative estimate of drug-likeness (QED) is 0.638. The average Bonchev–Trinajstić information content (AvgIpc) is 3.16. The maximum Gasteiger partial charge on any atom is 0.332 e. The highest BCUT2D eigenvalue weighted by molar-refractivity contribution is 5.92. The highest BCUT2D eigenvalue weighted by Crippen LogP contribution is 2.23. The Kier molecular flexibility index (Phi) is 5.40. The predicted octanol–water partition coefficient (Wildman–Crippen LogP) is 0.133. The number of imidazole rings is 1. The van der Waals surface area contributed by atoms with Gasteiger partial charge in [0.05, 0.1) is 6.33 Å². The SMILES string of the molecule is Cc1cc(N2CCN(C)CC2)ccc1NC(=O)Cn1cnc2c1c(=O)n(C)c(=O)n2C. The summed E-state index contributed by atoms with van der Waals surface area (Å²) in [6.07, 6.45) is 1.41. The van der Waals surface area contributed by atoms with Gasteiger partial charge in [-0.05, 0) is 37.7 Å². The fourth-order valence-electron chi connectivity index (χ4n) is 3.91. The molecule has 31 heavy (non-hydrogen) atoms. The van der Waals surface area contributed by atoms with Crippen LogP contribution in [0.2, 0.25) is 0 Å². The van der Waals surface area contributed by atoms with Crippen LogP contribution in [0.1, 0.15) is 5.56 Å². The molecule has 1 amide bonds. The van der Waals surface area contributed by atoms with Crippen LogP contribution in [-0.2, 0) is 25.4 Å². The van der Waals surface area contributed by atoms with Crippen LogP contribution in [0.25, 0.3) is 11.2 Å². The van der Waals surface area contributed by atoms with Crippen molar-refractivity contribution in [2.24, 2.45) is 14.1 Å². The molecule has 0 bridgehead atoms. The number of piperazine rings is 1. The minimum Gasteiger partial charge on any atom is -0.369 e. The van der Waals surface area contributed by atoms with Crippen molar-refractivity contribution in [3.63, 3.8) is 0 Å². The monoisotopic (exact) mass is 425 g/mol. The molecule has 0 atom stereocenters. The lowest BCUT2D eigenvalue weighted by Crippen LogP contribution is -2.44. The molecule has 3 aromatic rings. The molecule has 3 heterocycles. The topological polar surface area (TPSA) is 97.4 Å². The molecular formula is C21H27N7O3. The number of hydrogen-bond donors (Lipinski definition) is 1. The molecule has 1 aromatic carbocycles. The van der Waals surface area contributed by atoms with E-state index in [1.807, 2.05) is 19.1 Å². The Morgan fingerprint density at radius 2 is 1.77 bits per heavy atom. The summed E-state index contributed by atoms with van der Waals surface area (Å²) in [7, 11) is 5.08. The van der Waals surface area contributed by atoms with E-state index in [-0.39, 0.29) is 23.6 Å². The number of aromatic nitrogens is 4. The molecule has 0 radical (unpaired) electrons. The molecule has 1 fully saturated rings. The molecule has 10 nitrogen and oxygen atoms in total. The maximum absolute atomic E-state index is 12.7. The molecule has 0 aliphatic carbocycles. The number of benzene rings is 1. The number of carbonyl (C=O) groups is 1. The van der Waals surface area contributed by atoms with E-state index in [2.05, 4.69) is 33.2 Å². The van der Waals surface area contributed by atoms with E-state index in [4.69, 9.17) is 0 Å². The minimum atomic E-state index is -0.476. The van der Waals surface area contributed by atoms with Gasteiger partial charge in [-0.3, -0.25) is 18.7 Å². The van der Waals surface area contributed by atoms with Gasteiger partial charge in [-0.2, -0.15) is 0 Å². The number of amides is 1. The van der Waals surface area contributed by atoms with Gasteiger partial charge >= 0.3 is 5.69 Å². The number of hydrogen-bond acceptors (Lipinski definition) is 6. The fraction of sp³-hybridized carbons (Fsp3) is 0.429. The molecule has 0 unspecified atom stereocenters. The Balaban J connectivity index is 1.52. The van der Waals surface area contributed by atoms with E-state index in [1.165, 1.54) is 22.5 Å². The lowest BCUT2D eigenvalue weighted by atomic mass is 10.1. The second-order valence-corrected chi connectivity index (χ2v) is 8.09. The van der Waals surface area contributed by atoms with Crippen molar-refractivity contribution in [1.82, 2.24) is 23.6 Å². The molecule has 164 valence electrons. The lowest BCUT2D eigenvalue weighted by molar-refractivity contribution is -0.116. The van der Waals surface area contributed by atoms with Gasteiger partial charge < -0.3 is 19.7 Å². The van der Waals surface area contributed by atoms with Gasteiger partial charge in [0, 0.05) is 51.6 Å². The molecule has 4 rings (SSSR count). The first-order valence-electron chi connectivity index (χ1n) is 10.2. The summed E-state index contributed by atoms with van der Waals surface area (Å²) < 4.78 is 3.78. The van der Waals surface area contributed by atoms with Gasteiger partial charge in [-0.1, -0.05) is 0 Å². The van der Waals surface area contributed by atoms with Gasteiger partial charge in [0.25, 0.3) is 5.56 Å². The zero-order chi connectivity index (χ0) is 22.3. The standard InChI is InChI=1S/C21H27N7O3/c1-14-11-15(27-9-7-24(2)8-10-27)5-6-16(14)23-17(29)12-28-13-22-19-18(28)20(30)26(4)21(31)25(19)3/h5-6,11,13H,7-10,12H2,1-4H3,(H,23,29).